The van der Waals surface area contributed by atoms with Gasteiger partial charge in [-0.25, -0.2) is 9.78 Å². The van der Waals surface area contributed by atoms with Crippen molar-refractivity contribution >= 4 is 34.3 Å². The molecule has 0 spiro atoms. The van der Waals surface area contributed by atoms with E-state index in [0.29, 0.717) is 15.6 Å². The van der Waals surface area contributed by atoms with Gasteiger partial charge in [-0.15, -0.1) is 0 Å². The highest BCUT2D eigenvalue weighted by atomic mass is 32.1. The molecule has 0 aliphatic carbocycles. The van der Waals surface area contributed by atoms with Crippen molar-refractivity contribution in [3.8, 4) is 10.4 Å². The number of esters is 1. The fourth-order valence-electron chi connectivity index (χ4n) is 3.23. The molecule has 2 N–H and O–H groups in total. The zero-order chi connectivity index (χ0) is 20.4. The van der Waals surface area contributed by atoms with Crippen LogP contribution in [0.15, 0.2) is 54.6 Å². The summed E-state index contributed by atoms with van der Waals surface area (Å²) in [4.78, 5) is 41.6. The molecule has 4 rings (SSSR count). The Kier molecular flexibility index (Phi) is 5.09. The second-order valence-electron chi connectivity index (χ2n) is 6.42. The Morgan fingerprint density at radius 1 is 1.14 bits per heavy atom. The third-order valence-corrected chi connectivity index (χ3v) is 5.58. The quantitative estimate of drug-likeness (QED) is 0.632. The van der Waals surface area contributed by atoms with Crippen LogP contribution >= 0.6 is 11.3 Å². The Hall–Kier alpha value is -3.52. The zero-order valence-electron chi connectivity index (χ0n) is 15.5. The van der Waals surface area contributed by atoms with Gasteiger partial charge in [0.05, 0.1) is 24.4 Å². The van der Waals surface area contributed by atoms with Crippen molar-refractivity contribution in [2.45, 2.75) is 12.5 Å². The number of aromatic nitrogens is 1. The van der Waals surface area contributed by atoms with Crippen molar-refractivity contribution in [1.29, 1.82) is 0 Å². The minimum atomic E-state index is -0.572. The lowest BCUT2D eigenvalue weighted by molar-refractivity contribution is -0.116. The maximum atomic E-state index is 12.6. The molecule has 0 radical (unpaired) electrons. The summed E-state index contributed by atoms with van der Waals surface area (Å²) in [5, 5.41) is 5.85. The van der Waals surface area contributed by atoms with Crippen molar-refractivity contribution in [3.63, 3.8) is 0 Å². The van der Waals surface area contributed by atoms with Gasteiger partial charge in [0.25, 0.3) is 5.91 Å². The number of hydrogen-bond acceptors (Lipinski definition) is 6. The van der Waals surface area contributed by atoms with Gasteiger partial charge in [0.1, 0.15) is 0 Å². The number of carbonyl (C=O) groups is 3. The summed E-state index contributed by atoms with van der Waals surface area (Å²) >= 11 is 1.20. The first-order valence-electron chi connectivity index (χ1n) is 8.91. The summed E-state index contributed by atoms with van der Waals surface area (Å²) < 4.78 is 4.82. The predicted octanol–water partition coefficient (Wildman–Crippen LogP) is 3.41. The number of hydrogen-bond donors (Lipinski definition) is 2. The van der Waals surface area contributed by atoms with Gasteiger partial charge in [-0.1, -0.05) is 59.9 Å². The van der Waals surface area contributed by atoms with E-state index in [2.05, 4.69) is 15.6 Å². The molecule has 3 aromatic rings. The number of carbonyl (C=O) groups excluding carboxylic acids is 3. The molecule has 0 bridgehead atoms. The highest BCUT2D eigenvalue weighted by Gasteiger charge is 2.30. The zero-order valence-corrected chi connectivity index (χ0v) is 16.3. The number of benzene rings is 2. The van der Waals surface area contributed by atoms with E-state index < -0.39 is 12.0 Å². The summed E-state index contributed by atoms with van der Waals surface area (Å²) in [5.41, 5.74) is 2.34. The number of thiazole rings is 1. The molecule has 2 amide bonds. The molecule has 0 saturated heterocycles. The van der Waals surface area contributed by atoms with E-state index in [0.717, 1.165) is 11.1 Å². The van der Waals surface area contributed by atoms with E-state index in [4.69, 9.17) is 4.74 Å². The fourth-order valence-corrected chi connectivity index (χ4v) is 4.21. The molecular weight excluding hydrogens is 390 g/mol. The van der Waals surface area contributed by atoms with Crippen molar-refractivity contribution < 1.29 is 19.1 Å². The molecule has 8 heteroatoms. The molecule has 0 unspecified atom stereocenters. The third kappa shape index (κ3) is 3.74. The number of fused-ring (bicyclic) bond motifs is 1. The lowest BCUT2D eigenvalue weighted by atomic mass is 10.0. The standard InChI is InChI=1S/C21H17N3O4S/c1-28-20(27)17-18(12-7-3-2-4-8-12)29-21(24-17)23-16(25)11-15-13-9-5-6-10-14(13)19(26)22-15/h2-10,15H,11H2,1H3,(H,22,26)(H,23,24,25)/t15-/m1/s1. The number of anilines is 1. The van der Waals surface area contributed by atoms with Gasteiger partial charge >= 0.3 is 5.97 Å². The van der Waals surface area contributed by atoms with E-state index >= 15 is 0 Å². The molecular formula is C21H17N3O4S. The van der Waals surface area contributed by atoms with E-state index in [1.54, 1.807) is 12.1 Å². The number of methoxy groups -OCH3 is 1. The summed E-state index contributed by atoms with van der Waals surface area (Å²) in [6.45, 7) is 0. The van der Waals surface area contributed by atoms with Crippen LogP contribution in [-0.4, -0.2) is 29.9 Å². The van der Waals surface area contributed by atoms with Gasteiger partial charge in [-0.3, -0.25) is 9.59 Å². The Morgan fingerprint density at radius 2 is 1.86 bits per heavy atom. The number of nitrogens with one attached hydrogen (secondary N) is 2. The van der Waals surface area contributed by atoms with Crippen LogP contribution in [-0.2, 0) is 9.53 Å². The van der Waals surface area contributed by atoms with E-state index in [9.17, 15) is 14.4 Å². The summed E-state index contributed by atoms with van der Waals surface area (Å²) in [5.74, 6) is -1.07. The molecule has 0 saturated carbocycles. The minimum Gasteiger partial charge on any atom is -0.464 e. The molecule has 146 valence electrons. The van der Waals surface area contributed by atoms with Crippen LogP contribution in [0.2, 0.25) is 0 Å². The maximum absolute atomic E-state index is 12.6. The number of nitrogens with zero attached hydrogens (tertiary/aromatic N) is 1. The molecule has 1 aliphatic rings. The lowest BCUT2D eigenvalue weighted by Crippen LogP contribution is -2.24. The van der Waals surface area contributed by atoms with Crippen LogP contribution < -0.4 is 10.6 Å². The Morgan fingerprint density at radius 3 is 2.62 bits per heavy atom. The largest absolute Gasteiger partial charge is 0.464 e. The molecule has 0 fully saturated rings. The van der Waals surface area contributed by atoms with E-state index in [1.807, 2.05) is 42.5 Å². The van der Waals surface area contributed by atoms with Gasteiger partial charge < -0.3 is 15.4 Å². The topological polar surface area (TPSA) is 97.4 Å². The van der Waals surface area contributed by atoms with Crippen LogP contribution in [0.25, 0.3) is 10.4 Å². The molecule has 1 aromatic heterocycles. The lowest BCUT2D eigenvalue weighted by Gasteiger charge is -2.10. The van der Waals surface area contributed by atoms with Gasteiger partial charge in [-0.05, 0) is 17.2 Å². The first-order chi connectivity index (χ1) is 14.1. The Labute approximate surface area is 170 Å². The van der Waals surface area contributed by atoms with Crippen molar-refractivity contribution in [3.05, 3.63) is 71.4 Å². The smallest absolute Gasteiger partial charge is 0.358 e. The summed E-state index contributed by atoms with van der Waals surface area (Å²) in [6, 6.07) is 16.1. The summed E-state index contributed by atoms with van der Waals surface area (Å²) in [7, 11) is 1.29. The molecule has 2 aromatic carbocycles. The number of rotatable bonds is 5. The van der Waals surface area contributed by atoms with Gasteiger partial charge in [0.2, 0.25) is 5.91 Å². The van der Waals surface area contributed by atoms with E-state index in [1.165, 1.54) is 18.4 Å². The number of amides is 2. The average Bonchev–Trinajstić information content (AvgIpc) is 3.30. The van der Waals surface area contributed by atoms with Gasteiger partial charge in [0, 0.05) is 5.56 Å². The van der Waals surface area contributed by atoms with Crippen molar-refractivity contribution in [2.24, 2.45) is 0 Å². The molecule has 2 heterocycles. The van der Waals surface area contributed by atoms with Crippen LogP contribution in [0, 0.1) is 0 Å². The molecule has 7 nitrogen and oxygen atoms in total. The maximum Gasteiger partial charge on any atom is 0.358 e. The van der Waals surface area contributed by atoms with Gasteiger partial charge in [-0.2, -0.15) is 0 Å². The summed E-state index contributed by atoms with van der Waals surface area (Å²) in [6.07, 6.45) is 0.0660. The first-order valence-corrected chi connectivity index (χ1v) is 9.72. The monoisotopic (exact) mass is 407 g/mol. The van der Waals surface area contributed by atoms with Gasteiger partial charge in [0.15, 0.2) is 10.8 Å². The average molecular weight is 407 g/mol. The highest BCUT2D eigenvalue weighted by molar-refractivity contribution is 7.19. The number of ether oxygens (including phenoxy) is 1. The fraction of sp³-hybridized carbons (Fsp3) is 0.143. The van der Waals surface area contributed by atoms with E-state index in [-0.39, 0.29) is 23.9 Å². The normalized spacial score (nSPS) is 14.8. The second kappa shape index (κ2) is 7.84. The van der Waals surface area contributed by atoms with Crippen LogP contribution in [0.3, 0.4) is 0 Å². The second-order valence-corrected chi connectivity index (χ2v) is 7.42. The van der Waals surface area contributed by atoms with Crippen molar-refractivity contribution in [1.82, 2.24) is 10.3 Å². The highest BCUT2D eigenvalue weighted by Crippen LogP contribution is 2.34. The molecule has 29 heavy (non-hydrogen) atoms. The SMILES string of the molecule is COC(=O)c1nc(NC(=O)C[C@H]2NC(=O)c3ccccc32)sc1-c1ccccc1. The van der Waals surface area contributed by atoms with Crippen molar-refractivity contribution in [2.75, 3.05) is 12.4 Å². The molecule has 1 aliphatic heterocycles. The van der Waals surface area contributed by atoms with Crippen LogP contribution in [0.5, 0.6) is 0 Å². The molecule has 1 atom stereocenters. The van der Waals surface area contributed by atoms with Crippen LogP contribution in [0.4, 0.5) is 5.13 Å². The Balaban J connectivity index is 1.54. The third-order valence-electron chi connectivity index (χ3n) is 4.56. The van der Waals surface area contributed by atoms with Crippen LogP contribution in [0.1, 0.15) is 38.9 Å². The Bertz CT molecular complexity index is 1090. The predicted molar refractivity (Wildman–Crippen MR) is 109 cm³/mol. The first kappa shape index (κ1) is 18.8. The minimum absolute atomic E-state index is 0.0660.